The molecule has 0 aromatic rings. The van der Waals surface area contributed by atoms with Crippen molar-refractivity contribution in [1.82, 2.24) is 5.32 Å². The number of amides is 1. The van der Waals surface area contributed by atoms with Crippen LogP contribution in [0.3, 0.4) is 0 Å². The molecule has 492 valence electrons. The summed E-state index contributed by atoms with van der Waals surface area (Å²) in [6.45, 7) is 6.88. The van der Waals surface area contributed by atoms with Crippen molar-refractivity contribution in [3.63, 3.8) is 0 Å². The zero-order valence-corrected chi connectivity index (χ0v) is 57.2. The quantitative estimate of drug-likeness (QED) is 0.0205. The summed E-state index contributed by atoms with van der Waals surface area (Å²) >= 11 is 0. The van der Waals surface area contributed by atoms with Gasteiger partial charge >= 0.3 is 13.8 Å². The van der Waals surface area contributed by atoms with E-state index in [-0.39, 0.29) is 31.5 Å². The van der Waals surface area contributed by atoms with Crippen molar-refractivity contribution in [2.45, 2.75) is 328 Å². The third-order valence-corrected chi connectivity index (χ3v) is 16.5. The van der Waals surface area contributed by atoms with Gasteiger partial charge < -0.3 is 19.4 Å². The van der Waals surface area contributed by atoms with Crippen LogP contribution in [0.5, 0.6) is 0 Å². The van der Waals surface area contributed by atoms with Gasteiger partial charge in [0.05, 0.1) is 33.8 Å². The van der Waals surface area contributed by atoms with E-state index in [0.29, 0.717) is 17.4 Å². The van der Waals surface area contributed by atoms with Gasteiger partial charge in [0.15, 0.2) is 0 Å². The molecule has 0 bridgehead atoms. The number of nitrogens with one attached hydrogen (secondary N) is 1. The van der Waals surface area contributed by atoms with Crippen LogP contribution < -0.4 is 5.32 Å². The Bertz CT molecular complexity index is 1780. The van der Waals surface area contributed by atoms with E-state index < -0.39 is 20.0 Å². The predicted molar refractivity (Wildman–Crippen MR) is 369 cm³/mol. The number of likely N-dealkylation sites (N-methyl/N-ethyl adjacent to an activating group) is 1. The number of phosphoric ester groups is 1. The van der Waals surface area contributed by atoms with Crippen molar-refractivity contribution in [3.8, 4) is 0 Å². The highest BCUT2D eigenvalue weighted by Crippen LogP contribution is 2.43. The second-order valence-corrected chi connectivity index (χ2v) is 26.5. The monoisotopic (exact) mass is 1210 g/mol. The summed E-state index contributed by atoms with van der Waals surface area (Å²) in [6, 6.07) is -0.858. The number of carbonyl (C=O) groups is 2. The molecule has 0 fully saturated rings. The summed E-state index contributed by atoms with van der Waals surface area (Å²) < 4.78 is 30.8. The maximum absolute atomic E-state index is 13.6. The van der Waals surface area contributed by atoms with Crippen LogP contribution in [0.2, 0.25) is 0 Å². The maximum Gasteiger partial charge on any atom is 0.472 e. The number of nitrogens with zero attached hydrogens (tertiary/aromatic N) is 1. The zero-order chi connectivity index (χ0) is 62.1. The lowest BCUT2D eigenvalue weighted by molar-refractivity contribution is -0.870. The SMILES string of the molecule is CC/C=C\C/C=C\C/C=C\C/C=C\C/C=C\CCCCCCCCCC(=O)OC(/C=C/CCCCCCCCCCC)C(COP(=O)(O)OCC[N+](C)(C)C)NC(=O)CCCCCCCCCCCCCCCCC/C=C\C/C=C\CCCCC. The molecular weight excluding hydrogens is 1070 g/mol. The summed E-state index contributed by atoms with van der Waals surface area (Å²) in [6.07, 6.45) is 87.0. The fourth-order valence-electron chi connectivity index (χ4n) is 10.1. The number of allylic oxidation sites excluding steroid dienone is 15. The molecule has 3 unspecified atom stereocenters. The standard InChI is InChI=1S/C75H135N2O7P/c1-7-10-13-16-19-22-25-27-29-31-33-35-37-38-40-41-43-45-47-49-52-55-58-61-64-67-74(78)76-72(71-83-85(80,81)82-70-69-77(4,5)6)73(66-63-60-57-54-51-24-21-18-15-12-9-3)84-75(79)68-65-62-59-56-53-50-48-46-44-42-39-36-34-32-30-28-26-23-20-17-14-11-8-2/h11,14,19-20,22-23,27-30,34,36,42,44,63,66,72-73H,7-10,12-13,15-18,21,24-26,31-33,35,37-41,43,45-62,64-65,67-71H2,1-6H3,(H-,76,78,80,81)/p+1/b14-11-,22-19-,23-20-,29-27-,30-28-,36-34-,44-42-,66-63+. The summed E-state index contributed by atoms with van der Waals surface area (Å²) in [7, 11) is 1.49. The lowest BCUT2D eigenvalue weighted by Crippen LogP contribution is -2.47. The van der Waals surface area contributed by atoms with E-state index >= 15 is 0 Å². The van der Waals surface area contributed by atoms with Gasteiger partial charge in [-0.25, -0.2) is 4.57 Å². The minimum Gasteiger partial charge on any atom is -0.456 e. The topological polar surface area (TPSA) is 111 Å². The van der Waals surface area contributed by atoms with Crippen LogP contribution in [-0.2, 0) is 27.9 Å². The predicted octanol–water partition coefficient (Wildman–Crippen LogP) is 22.7. The molecule has 0 aliphatic rings. The van der Waals surface area contributed by atoms with Gasteiger partial charge in [-0.1, -0.05) is 292 Å². The molecule has 0 aromatic heterocycles. The number of quaternary nitrogens is 1. The number of hydrogen-bond donors (Lipinski definition) is 2. The largest absolute Gasteiger partial charge is 0.472 e. The third kappa shape index (κ3) is 65.2. The molecule has 10 heteroatoms. The molecule has 3 atom stereocenters. The van der Waals surface area contributed by atoms with Crippen LogP contribution >= 0.6 is 7.82 Å². The molecule has 0 aliphatic carbocycles. The van der Waals surface area contributed by atoms with Gasteiger partial charge in [0.1, 0.15) is 19.3 Å². The number of esters is 1. The normalized spacial score (nSPS) is 14.1. The highest BCUT2D eigenvalue weighted by Gasteiger charge is 2.30. The fraction of sp³-hybridized carbons (Fsp3) is 0.760. The van der Waals surface area contributed by atoms with E-state index in [1.807, 2.05) is 33.3 Å². The first kappa shape index (κ1) is 81.9. The molecular formula is C75H136N2O7P+. The molecule has 0 aromatic carbocycles. The molecule has 2 N–H and O–H groups in total. The maximum atomic E-state index is 13.6. The van der Waals surface area contributed by atoms with Crippen LogP contribution in [0.25, 0.3) is 0 Å². The number of hydrogen-bond acceptors (Lipinski definition) is 6. The van der Waals surface area contributed by atoms with Gasteiger partial charge in [0.25, 0.3) is 0 Å². The number of carbonyl (C=O) groups excluding carboxylic acids is 2. The molecule has 0 rings (SSSR count). The summed E-state index contributed by atoms with van der Waals surface area (Å²) in [5.41, 5.74) is 0. The van der Waals surface area contributed by atoms with Crippen molar-refractivity contribution in [2.24, 2.45) is 0 Å². The van der Waals surface area contributed by atoms with Crippen molar-refractivity contribution in [3.05, 3.63) is 97.2 Å². The summed E-state index contributed by atoms with van der Waals surface area (Å²) in [4.78, 5) is 37.9. The van der Waals surface area contributed by atoms with Crippen molar-refractivity contribution in [2.75, 3.05) is 40.9 Å². The second kappa shape index (κ2) is 63.9. The molecule has 9 nitrogen and oxygen atoms in total. The number of ether oxygens (including phenoxy) is 1. The average molecular weight is 1210 g/mol. The van der Waals surface area contributed by atoms with Gasteiger partial charge in [-0.05, 0) is 109 Å². The van der Waals surface area contributed by atoms with Crippen molar-refractivity contribution in [1.29, 1.82) is 0 Å². The Kier molecular flexibility index (Phi) is 61.6. The summed E-state index contributed by atoms with van der Waals surface area (Å²) in [5, 5.41) is 3.07. The first-order valence-corrected chi connectivity index (χ1v) is 37.1. The lowest BCUT2D eigenvalue weighted by Gasteiger charge is -2.27. The van der Waals surface area contributed by atoms with E-state index in [4.69, 9.17) is 13.8 Å². The van der Waals surface area contributed by atoms with Gasteiger partial charge in [-0.2, -0.15) is 0 Å². The van der Waals surface area contributed by atoms with E-state index in [9.17, 15) is 19.0 Å². The Hall–Kier alpha value is -3.07. The molecule has 0 spiro atoms. The van der Waals surface area contributed by atoms with Crippen molar-refractivity contribution < 1.29 is 37.3 Å². The Morgan fingerprint density at radius 1 is 0.424 bits per heavy atom. The van der Waals surface area contributed by atoms with Crippen LogP contribution in [-0.4, -0.2) is 74.3 Å². The van der Waals surface area contributed by atoms with Crippen LogP contribution in [0.4, 0.5) is 0 Å². The molecule has 85 heavy (non-hydrogen) atoms. The first-order valence-electron chi connectivity index (χ1n) is 35.6. The van der Waals surface area contributed by atoms with E-state index in [1.165, 1.54) is 173 Å². The number of rotatable bonds is 64. The Labute approximate surface area is 526 Å². The average Bonchev–Trinajstić information content (AvgIpc) is 3.62. The third-order valence-electron chi connectivity index (χ3n) is 15.5. The smallest absolute Gasteiger partial charge is 0.456 e. The molecule has 0 saturated heterocycles. The fourth-order valence-corrected chi connectivity index (χ4v) is 10.8. The number of phosphoric acid groups is 1. The first-order chi connectivity index (χ1) is 41.4. The van der Waals surface area contributed by atoms with Crippen LogP contribution in [0, 0.1) is 0 Å². The Balaban J connectivity index is 5.04. The highest BCUT2D eigenvalue weighted by molar-refractivity contribution is 7.47. The highest BCUT2D eigenvalue weighted by atomic mass is 31.2. The Morgan fingerprint density at radius 2 is 0.753 bits per heavy atom. The van der Waals surface area contributed by atoms with Crippen molar-refractivity contribution >= 4 is 19.7 Å². The lowest BCUT2D eigenvalue weighted by atomic mass is 10.0. The molecule has 0 radical (unpaired) electrons. The van der Waals surface area contributed by atoms with Crippen LogP contribution in [0.15, 0.2) is 97.2 Å². The van der Waals surface area contributed by atoms with Crippen LogP contribution in [0.1, 0.15) is 316 Å². The summed E-state index contributed by atoms with van der Waals surface area (Å²) in [5.74, 6) is -0.514. The molecule has 0 saturated carbocycles. The van der Waals surface area contributed by atoms with E-state index in [0.717, 1.165) is 109 Å². The number of unbranched alkanes of at least 4 members (excludes halogenated alkanes) is 34. The van der Waals surface area contributed by atoms with Gasteiger partial charge in [0, 0.05) is 12.8 Å². The van der Waals surface area contributed by atoms with E-state index in [1.54, 1.807) is 0 Å². The minimum absolute atomic E-state index is 0.0352. The minimum atomic E-state index is -4.46. The Morgan fingerprint density at radius 3 is 1.15 bits per heavy atom. The second-order valence-electron chi connectivity index (χ2n) is 25.0. The molecule has 1 amide bonds. The van der Waals surface area contributed by atoms with Gasteiger partial charge in [0.2, 0.25) is 5.91 Å². The zero-order valence-electron chi connectivity index (χ0n) is 56.3. The molecule has 0 heterocycles. The van der Waals surface area contributed by atoms with Gasteiger partial charge in [-0.15, -0.1) is 0 Å². The molecule has 0 aliphatic heterocycles. The van der Waals surface area contributed by atoms with E-state index in [2.05, 4.69) is 111 Å². The van der Waals surface area contributed by atoms with Gasteiger partial charge in [-0.3, -0.25) is 18.6 Å².